The quantitative estimate of drug-likeness (QED) is 0.286. The molecule has 4 aromatic rings. The Morgan fingerprint density at radius 1 is 0.980 bits per heavy atom. The van der Waals surface area contributed by atoms with Crippen LogP contribution in [0.4, 0.5) is 0 Å². The van der Waals surface area contributed by atoms with Crippen molar-refractivity contribution in [1.29, 1.82) is 0 Å². The molecule has 2 aliphatic carbocycles. The molecule has 0 spiro atoms. The zero-order valence-corrected chi connectivity index (χ0v) is 28.6. The van der Waals surface area contributed by atoms with E-state index in [-0.39, 0.29) is 54.5 Å². The van der Waals surface area contributed by atoms with Gasteiger partial charge < -0.3 is 23.9 Å². The van der Waals surface area contributed by atoms with E-state index >= 15 is 0 Å². The number of fused-ring (bicyclic) bond motifs is 5. The number of methoxy groups -OCH3 is 3. The molecule has 3 aliphatic rings. The van der Waals surface area contributed by atoms with Gasteiger partial charge in [-0.3, -0.25) is 14.4 Å². The largest absolute Gasteiger partial charge is 0.508 e. The number of phenols is 1. The fraction of sp³-hybridized carbons (Fsp3) is 0.389. The molecule has 1 saturated carbocycles. The molecular weight excluding hydrogens is 646 g/mol. The average Bonchev–Trinajstić information content (AvgIpc) is 3.35. The third kappa shape index (κ3) is 4.61. The molecule has 0 radical (unpaired) electrons. The van der Waals surface area contributed by atoms with Gasteiger partial charge in [0.05, 0.1) is 50.4 Å². The zero-order valence-electron chi connectivity index (χ0n) is 28.6. The van der Waals surface area contributed by atoms with E-state index in [1.165, 1.54) is 47.4 Å². The fourth-order valence-electron chi connectivity index (χ4n) is 8.11. The molecule has 1 fully saturated rings. The lowest BCUT2D eigenvalue weighted by atomic mass is 9.51. The molecule has 0 unspecified atom stereocenters. The number of hydrogen-bond acceptors (Lipinski definition) is 10. The van der Waals surface area contributed by atoms with Crippen LogP contribution >= 0.6 is 0 Å². The maximum absolute atomic E-state index is 14.2. The van der Waals surface area contributed by atoms with E-state index in [1.807, 2.05) is 6.08 Å². The Morgan fingerprint density at radius 2 is 1.70 bits per heavy atom. The third-order valence-electron chi connectivity index (χ3n) is 10.8. The Hall–Kier alpha value is -5.66. The summed E-state index contributed by atoms with van der Waals surface area (Å²) < 4.78 is 21.3. The van der Waals surface area contributed by atoms with Crippen molar-refractivity contribution in [1.82, 2.24) is 23.5 Å². The molecule has 4 atom stereocenters. The Labute approximate surface area is 285 Å². The number of rotatable bonds is 7. The monoisotopic (exact) mass is 683 g/mol. The number of ether oxygens (including phenoxy) is 3. The van der Waals surface area contributed by atoms with Crippen LogP contribution < -0.4 is 31.1 Å². The molecule has 3 heterocycles. The summed E-state index contributed by atoms with van der Waals surface area (Å²) >= 11 is 0. The number of carbonyl (C=O) groups excluding carboxylic acids is 2. The van der Waals surface area contributed by atoms with E-state index in [1.54, 1.807) is 45.2 Å². The van der Waals surface area contributed by atoms with Crippen LogP contribution in [0.2, 0.25) is 0 Å². The summed E-state index contributed by atoms with van der Waals surface area (Å²) in [5.74, 6) is -0.898. The minimum absolute atomic E-state index is 0.0128. The number of nitrogens with zero attached hydrogens (tertiary/aromatic N) is 5. The molecule has 7 rings (SSSR count). The first-order valence-electron chi connectivity index (χ1n) is 16.2. The minimum atomic E-state index is -1.26. The van der Waals surface area contributed by atoms with Crippen molar-refractivity contribution < 1.29 is 28.9 Å². The third-order valence-corrected chi connectivity index (χ3v) is 10.8. The molecule has 14 heteroatoms. The van der Waals surface area contributed by atoms with Crippen molar-refractivity contribution in [2.24, 2.45) is 18.4 Å². The number of ketones is 2. The van der Waals surface area contributed by atoms with Crippen molar-refractivity contribution in [2.45, 2.75) is 51.7 Å². The highest BCUT2D eigenvalue weighted by molar-refractivity contribution is 6.13. The van der Waals surface area contributed by atoms with Crippen LogP contribution in [-0.4, -0.2) is 61.5 Å². The predicted octanol–water partition coefficient (Wildman–Crippen LogP) is 2.42. The first-order chi connectivity index (χ1) is 23.8. The van der Waals surface area contributed by atoms with Gasteiger partial charge in [-0.1, -0.05) is 19.1 Å². The summed E-state index contributed by atoms with van der Waals surface area (Å²) in [6, 6.07) is 7.36. The molecule has 1 aliphatic heterocycles. The molecule has 2 aromatic heterocycles. The number of phenolic OH excluding ortho intramolecular Hbond substituents is 1. The first-order valence-corrected chi connectivity index (χ1v) is 16.2. The van der Waals surface area contributed by atoms with Crippen LogP contribution in [0.3, 0.4) is 0 Å². The summed E-state index contributed by atoms with van der Waals surface area (Å²) in [7, 11) is 6.07. The summed E-state index contributed by atoms with van der Waals surface area (Å²) in [6.45, 7) is 3.24. The number of benzene rings is 2. The number of hydrogen-bond donors (Lipinski definition) is 1. The van der Waals surface area contributed by atoms with Gasteiger partial charge in [-0.15, -0.1) is 0 Å². The lowest BCUT2D eigenvalue weighted by Crippen LogP contribution is -2.54. The minimum Gasteiger partial charge on any atom is -0.508 e. The van der Waals surface area contributed by atoms with E-state index in [9.17, 15) is 29.1 Å². The highest BCUT2D eigenvalue weighted by atomic mass is 16.5. The highest BCUT2D eigenvalue weighted by Crippen LogP contribution is 2.60. The molecule has 260 valence electrons. The van der Waals surface area contributed by atoms with Crippen LogP contribution in [0.15, 0.2) is 68.0 Å². The lowest BCUT2D eigenvalue weighted by molar-refractivity contribution is -0.139. The first kappa shape index (κ1) is 32.9. The van der Waals surface area contributed by atoms with E-state index in [0.29, 0.717) is 45.0 Å². The number of aromatic nitrogens is 5. The van der Waals surface area contributed by atoms with E-state index in [2.05, 4.69) is 4.98 Å². The second-order valence-electron chi connectivity index (χ2n) is 13.2. The second-order valence-corrected chi connectivity index (χ2v) is 13.2. The highest BCUT2D eigenvalue weighted by Gasteiger charge is 2.59. The predicted molar refractivity (Wildman–Crippen MR) is 181 cm³/mol. The van der Waals surface area contributed by atoms with Gasteiger partial charge in [0, 0.05) is 55.6 Å². The van der Waals surface area contributed by atoms with Gasteiger partial charge in [0.1, 0.15) is 17.2 Å². The van der Waals surface area contributed by atoms with Crippen LogP contribution in [0.1, 0.15) is 43.5 Å². The average molecular weight is 684 g/mol. The van der Waals surface area contributed by atoms with Gasteiger partial charge in [0.25, 0.3) is 5.56 Å². The van der Waals surface area contributed by atoms with Crippen LogP contribution in [0.5, 0.6) is 23.0 Å². The Kier molecular flexibility index (Phi) is 7.72. The maximum atomic E-state index is 14.2. The normalized spacial score (nSPS) is 22.7. The van der Waals surface area contributed by atoms with E-state index < -0.39 is 34.7 Å². The van der Waals surface area contributed by atoms with Crippen molar-refractivity contribution in [3.05, 3.63) is 96.2 Å². The summed E-state index contributed by atoms with van der Waals surface area (Å²) in [5.41, 5.74) is -0.281. The second kappa shape index (κ2) is 11.7. The van der Waals surface area contributed by atoms with Gasteiger partial charge in [0.15, 0.2) is 23.1 Å². The molecule has 2 aromatic carbocycles. The zero-order chi connectivity index (χ0) is 35.8. The lowest BCUT2D eigenvalue weighted by Gasteiger charge is -2.52. The maximum Gasteiger partial charge on any atom is 0.347 e. The number of aromatic hydroxyl groups is 1. The van der Waals surface area contributed by atoms with Gasteiger partial charge >= 0.3 is 11.4 Å². The Balaban J connectivity index is 1.30. The molecule has 0 amide bonds. The Bertz CT molecular complexity index is 2380. The summed E-state index contributed by atoms with van der Waals surface area (Å²) in [6.07, 6.45) is 3.28. The van der Waals surface area contributed by atoms with Crippen LogP contribution in [-0.2, 0) is 36.1 Å². The molecule has 1 N–H and O–H groups in total. The number of aryl methyl sites for hydroxylation is 2. The van der Waals surface area contributed by atoms with Gasteiger partial charge in [0.2, 0.25) is 0 Å². The summed E-state index contributed by atoms with van der Waals surface area (Å²) in [4.78, 5) is 73.5. The Morgan fingerprint density at radius 3 is 2.38 bits per heavy atom. The van der Waals surface area contributed by atoms with E-state index in [4.69, 9.17) is 14.2 Å². The van der Waals surface area contributed by atoms with Gasteiger partial charge in [-0.2, -0.15) is 0 Å². The topological polar surface area (TPSA) is 166 Å². The number of allylic oxidation sites excluding steroid dienone is 4. The SMILES string of the molecule is COc1ccc([C@H]2C3=CCn4c(=O)n(CCc5nc6cc(OC)c(OC)cc6n(C)c5=O)c(=O)n4[C@@H]3C[C@H]3C(=O)C(C)=CC(=O)[C@@]23C)c(O)c1. The van der Waals surface area contributed by atoms with E-state index in [0.717, 1.165) is 4.57 Å². The van der Waals surface area contributed by atoms with Gasteiger partial charge in [-0.05, 0) is 36.6 Å². The van der Waals surface area contributed by atoms with Crippen LogP contribution in [0, 0.1) is 11.3 Å². The van der Waals surface area contributed by atoms with Crippen molar-refractivity contribution in [2.75, 3.05) is 21.3 Å². The van der Waals surface area contributed by atoms with Crippen LogP contribution in [0.25, 0.3) is 11.0 Å². The van der Waals surface area contributed by atoms with Crippen molar-refractivity contribution >= 4 is 22.6 Å². The standard InChI is InChI=1S/C36H37N5O9/c1-18-13-30(43)36(2)22(32(18)44)15-25-20(31(36)21-8-7-19(48-4)14-27(21)42)9-12-40-34(46)39(35(47)41(25)40)11-10-23-33(45)38(3)26-17-29(50-6)28(49-5)16-24(26)37-23/h7-9,13-14,16-17,22,25,31,42H,10-12,15H2,1-6H3/t22-,25+,31+,36-/m0/s1. The number of carbonyl (C=O) groups is 2. The van der Waals surface area contributed by atoms with Gasteiger partial charge in [-0.25, -0.2) is 28.5 Å². The molecule has 14 nitrogen and oxygen atoms in total. The molecule has 0 bridgehead atoms. The molecule has 50 heavy (non-hydrogen) atoms. The molecule has 0 saturated heterocycles. The fourth-order valence-corrected chi connectivity index (χ4v) is 8.11. The smallest absolute Gasteiger partial charge is 0.347 e. The van der Waals surface area contributed by atoms with Crippen molar-refractivity contribution in [3.63, 3.8) is 0 Å². The summed E-state index contributed by atoms with van der Waals surface area (Å²) in [5, 5.41) is 11.2. The van der Waals surface area contributed by atoms with Crippen molar-refractivity contribution in [3.8, 4) is 23.0 Å². The molecular formula is C36H37N5O9. The number of Topliss-reactive ketones (excluding diaryl/α,β-unsaturated/α-hetero) is 1.